The van der Waals surface area contributed by atoms with Gasteiger partial charge in [0, 0.05) is 18.8 Å². The molecular weight excluding hydrogens is 236 g/mol. The first-order valence-electron chi connectivity index (χ1n) is 5.59. The fourth-order valence-corrected chi connectivity index (χ4v) is 2.66. The van der Waals surface area contributed by atoms with Crippen LogP contribution in [0.4, 0.5) is 5.82 Å². The maximum atomic E-state index is 8.64. The van der Waals surface area contributed by atoms with E-state index in [-0.39, 0.29) is 5.84 Å². The van der Waals surface area contributed by atoms with Gasteiger partial charge in [-0.3, -0.25) is 0 Å². The lowest BCUT2D eigenvalue weighted by Crippen LogP contribution is -2.27. The lowest BCUT2D eigenvalue weighted by atomic mass is 10.3. The van der Waals surface area contributed by atoms with Crippen molar-refractivity contribution in [3.63, 3.8) is 0 Å². The number of hydrogen-bond donors (Lipinski definition) is 2. The molecule has 0 bridgehead atoms. The average molecular weight is 252 g/mol. The summed E-state index contributed by atoms with van der Waals surface area (Å²) in [5, 5.41) is 11.6. The molecule has 1 aromatic heterocycles. The van der Waals surface area contributed by atoms with Crippen molar-refractivity contribution < 1.29 is 5.21 Å². The van der Waals surface area contributed by atoms with E-state index in [9.17, 15) is 0 Å². The highest BCUT2D eigenvalue weighted by Gasteiger charge is 2.12. The maximum absolute atomic E-state index is 8.64. The van der Waals surface area contributed by atoms with Gasteiger partial charge < -0.3 is 15.8 Å². The molecule has 5 nitrogen and oxygen atoms in total. The Bertz CT molecular complexity index is 402. The van der Waals surface area contributed by atoms with E-state index in [1.165, 1.54) is 12.2 Å². The molecule has 0 amide bonds. The molecule has 0 spiro atoms. The zero-order valence-corrected chi connectivity index (χ0v) is 10.4. The second-order valence-electron chi connectivity index (χ2n) is 3.82. The van der Waals surface area contributed by atoms with Crippen molar-refractivity contribution in [1.29, 1.82) is 0 Å². The monoisotopic (exact) mass is 252 g/mol. The van der Waals surface area contributed by atoms with Crippen LogP contribution < -0.4 is 10.6 Å². The van der Waals surface area contributed by atoms with Crippen molar-refractivity contribution in [3.05, 3.63) is 23.9 Å². The minimum Gasteiger partial charge on any atom is -0.409 e. The molecule has 0 saturated carbocycles. The van der Waals surface area contributed by atoms with Crippen LogP contribution in [0.2, 0.25) is 0 Å². The van der Waals surface area contributed by atoms with Gasteiger partial charge in [0.15, 0.2) is 5.84 Å². The van der Waals surface area contributed by atoms with Crippen LogP contribution in [0.25, 0.3) is 0 Å². The van der Waals surface area contributed by atoms with E-state index < -0.39 is 0 Å². The van der Waals surface area contributed by atoms with Gasteiger partial charge in [-0.05, 0) is 24.3 Å². The van der Waals surface area contributed by atoms with Crippen molar-refractivity contribution in [2.24, 2.45) is 10.9 Å². The molecular formula is C11H16N4OS. The largest absolute Gasteiger partial charge is 0.409 e. The number of aromatic nitrogens is 1. The van der Waals surface area contributed by atoms with Crippen LogP contribution in [0, 0.1) is 0 Å². The summed E-state index contributed by atoms with van der Waals surface area (Å²) < 4.78 is 0. The fraction of sp³-hybridized carbons (Fsp3) is 0.455. The smallest absolute Gasteiger partial charge is 0.188 e. The van der Waals surface area contributed by atoms with Gasteiger partial charge in [0.1, 0.15) is 11.5 Å². The van der Waals surface area contributed by atoms with Gasteiger partial charge in [0.25, 0.3) is 0 Å². The van der Waals surface area contributed by atoms with Crippen molar-refractivity contribution in [2.45, 2.75) is 6.42 Å². The molecule has 0 aromatic carbocycles. The van der Waals surface area contributed by atoms with Crippen LogP contribution in [0.1, 0.15) is 12.1 Å². The highest BCUT2D eigenvalue weighted by atomic mass is 32.2. The predicted octanol–water partition coefficient (Wildman–Crippen LogP) is 1.12. The van der Waals surface area contributed by atoms with Gasteiger partial charge in [-0.25, -0.2) is 4.98 Å². The highest BCUT2D eigenvalue weighted by molar-refractivity contribution is 7.99. The first kappa shape index (κ1) is 12.0. The SMILES string of the molecule is NC(=NO)c1cccc(N2CCCSCC2)n1. The van der Waals surface area contributed by atoms with Gasteiger partial charge in [-0.15, -0.1) is 0 Å². The summed E-state index contributed by atoms with van der Waals surface area (Å²) in [5.74, 6) is 3.28. The summed E-state index contributed by atoms with van der Waals surface area (Å²) in [6.07, 6.45) is 1.17. The third-order valence-corrected chi connectivity index (χ3v) is 3.70. The molecule has 0 unspecified atom stereocenters. The van der Waals surface area contributed by atoms with Crippen LogP contribution in [-0.2, 0) is 0 Å². The lowest BCUT2D eigenvalue weighted by Gasteiger charge is -2.21. The first-order chi connectivity index (χ1) is 8.31. The topological polar surface area (TPSA) is 74.7 Å². The first-order valence-corrected chi connectivity index (χ1v) is 6.74. The van der Waals surface area contributed by atoms with Gasteiger partial charge >= 0.3 is 0 Å². The molecule has 0 atom stereocenters. The zero-order valence-electron chi connectivity index (χ0n) is 9.54. The van der Waals surface area contributed by atoms with E-state index in [2.05, 4.69) is 15.0 Å². The Balaban J connectivity index is 2.19. The summed E-state index contributed by atoms with van der Waals surface area (Å²) in [7, 11) is 0. The van der Waals surface area contributed by atoms with Crippen LogP contribution in [-0.4, -0.2) is 40.6 Å². The quantitative estimate of drug-likeness (QED) is 0.357. The van der Waals surface area contributed by atoms with Gasteiger partial charge in [0.2, 0.25) is 0 Å². The number of nitrogens with two attached hydrogens (primary N) is 1. The average Bonchev–Trinajstić information content (AvgIpc) is 2.67. The third-order valence-electron chi connectivity index (χ3n) is 2.65. The van der Waals surface area contributed by atoms with E-state index in [0.29, 0.717) is 5.69 Å². The Morgan fingerprint density at radius 1 is 1.41 bits per heavy atom. The molecule has 92 valence electrons. The van der Waals surface area contributed by atoms with Crippen molar-refractivity contribution in [1.82, 2.24) is 4.98 Å². The summed E-state index contributed by atoms with van der Waals surface area (Å²) in [6.45, 7) is 2.01. The molecule has 0 radical (unpaired) electrons. The summed E-state index contributed by atoms with van der Waals surface area (Å²) >= 11 is 1.97. The summed E-state index contributed by atoms with van der Waals surface area (Å²) in [5.41, 5.74) is 6.05. The Kier molecular flexibility index (Phi) is 4.08. The number of pyridine rings is 1. The van der Waals surface area contributed by atoms with Gasteiger partial charge in [0.05, 0.1) is 0 Å². The van der Waals surface area contributed by atoms with Crippen molar-refractivity contribution in [3.8, 4) is 0 Å². The van der Waals surface area contributed by atoms with E-state index in [0.717, 1.165) is 24.7 Å². The minimum absolute atomic E-state index is 0.0519. The normalized spacial score (nSPS) is 17.9. The van der Waals surface area contributed by atoms with E-state index in [1.807, 2.05) is 23.9 Å². The Morgan fingerprint density at radius 2 is 2.29 bits per heavy atom. The van der Waals surface area contributed by atoms with Crippen LogP contribution in [0.3, 0.4) is 0 Å². The van der Waals surface area contributed by atoms with Crippen LogP contribution in [0.15, 0.2) is 23.4 Å². The third kappa shape index (κ3) is 3.03. The standard InChI is InChI=1S/C11H16N4OS/c12-11(14-16)9-3-1-4-10(13-9)15-5-2-7-17-8-6-15/h1,3-4,16H,2,5-8H2,(H2,12,14). The zero-order chi connectivity index (χ0) is 12.1. The number of nitrogens with zero attached hydrogens (tertiary/aromatic N) is 3. The predicted molar refractivity (Wildman–Crippen MR) is 70.9 cm³/mol. The van der Waals surface area contributed by atoms with E-state index in [4.69, 9.17) is 10.9 Å². The van der Waals surface area contributed by atoms with E-state index in [1.54, 1.807) is 6.07 Å². The Hall–Kier alpha value is -1.43. The second-order valence-corrected chi connectivity index (χ2v) is 5.04. The number of oxime groups is 1. The van der Waals surface area contributed by atoms with Crippen molar-refractivity contribution in [2.75, 3.05) is 29.5 Å². The Morgan fingerprint density at radius 3 is 3.12 bits per heavy atom. The van der Waals surface area contributed by atoms with Crippen molar-refractivity contribution >= 4 is 23.4 Å². The molecule has 6 heteroatoms. The number of thioether (sulfide) groups is 1. The summed E-state index contributed by atoms with van der Waals surface area (Å²) in [6, 6.07) is 5.59. The number of amidine groups is 1. The molecule has 0 aliphatic carbocycles. The molecule has 1 aliphatic heterocycles. The fourth-order valence-electron chi connectivity index (χ4n) is 1.77. The van der Waals surface area contributed by atoms with Gasteiger partial charge in [-0.2, -0.15) is 11.8 Å². The number of hydrogen-bond acceptors (Lipinski definition) is 5. The summed E-state index contributed by atoms with van der Waals surface area (Å²) in [4.78, 5) is 6.65. The number of anilines is 1. The number of rotatable bonds is 2. The lowest BCUT2D eigenvalue weighted by molar-refractivity contribution is 0.318. The van der Waals surface area contributed by atoms with Gasteiger partial charge in [-0.1, -0.05) is 11.2 Å². The molecule has 2 rings (SSSR count). The molecule has 3 N–H and O–H groups in total. The molecule has 2 heterocycles. The molecule has 17 heavy (non-hydrogen) atoms. The molecule has 1 aliphatic rings. The Labute approximate surface area is 105 Å². The minimum atomic E-state index is 0.0519. The van der Waals surface area contributed by atoms with Crippen LogP contribution >= 0.6 is 11.8 Å². The molecule has 1 saturated heterocycles. The van der Waals surface area contributed by atoms with Crippen LogP contribution in [0.5, 0.6) is 0 Å². The van der Waals surface area contributed by atoms with E-state index >= 15 is 0 Å². The maximum Gasteiger partial charge on any atom is 0.188 e. The highest BCUT2D eigenvalue weighted by Crippen LogP contribution is 2.17. The second kappa shape index (κ2) is 5.77. The molecule has 1 aromatic rings. The molecule has 1 fully saturated rings.